The van der Waals surface area contributed by atoms with E-state index < -0.39 is 0 Å². The van der Waals surface area contributed by atoms with E-state index in [1.165, 1.54) is 39.0 Å². The summed E-state index contributed by atoms with van der Waals surface area (Å²) in [6.45, 7) is 2.93. The van der Waals surface area contributed by atoms with Crippen molar-refractivity contribution in [2.45, 2.75) is 58.3 Å². The van der Waals surface area contributed by atoms with Crippen LogP contribution in [-0.4, -0.2) is 19.0 Å². The largest absolute Gasteiger partial charge is 0.494 e. The number of ketones is 1. The summed E-state index contributed by atoms with van der Waals surface area (Å²) < 4.78 is 16.5. The second kappa shape index (κ2) is 12.2. The minimum absolute atomic E-state index is 0.0773. The van der Waals surface area contributed by atoms with Crippen molar-refractivity contribution in [3.63, 3.8) is 0 Å². The maximum absolute atomic E-state index is 11.1. The molecule has 0 N–H and O–H groups in total. The number of hydrogen-bond acceptors (Lipinski definition) is 4. The standard InChI is InChI=1S/C22H30O4/c1-19(23)21-15-16-22(26-21)25-18-12-7-5-3-2-4-6-11-17-24-20-13-9-8-10-14-20/h8-10,13-16H,2-7,11-12,17-18H2,1H3. The van der Waals surface area contributed by atoms with E-state index in [4.69, 9.17) is 13.9 Å². The molecule has 4 heteroatoms. The summed E-state index contributed by atoms with van der Waals surface area (Å²) in [7, 11) is 0. The Labute approximate surface area is 156 Å². The molecule has 0 bridgehead atoms. The summed E-state index contributed by atoms with van der Waals surface area (Å²) in [5.74, 6) is 1.68. The number of benzene rings is 1. The monoisotopic (exact) mass is 358 g/mol. The average Bonchev–Trinajstić information content (AvgIpc) is 3.13. The number of furan rings is 1. The van der Waals surface area contributed by atoms with E-state index in [2.05, 4.69) is 0 Å². The van der Waals surface area contributed by atoms with E-state index in [9.17, 15) is 4.79 Å². The fourth-order valence-corrected chi connectivity index (χ4v) is 2.73. The number of carbonyl (C=O) groups is 1. The third-order valence-electron chi connectivity index (χ3n) is 4.22. The first-order chi connectivity index (χ1) is 12.8. The van der Waals surface area contributed by atoms with Gasteiger partial charge >= 0.3 is 0 Å². The third-order valence-corrected chi connectivity index (χ3v) is 4.22. The molecule has 4 nitrogen and oxygen atoms in total. The number of Topliss-reactive ketones (excluding diaryl/α,β-unsaturated/α-hetero) is 1. The summed E-state index contributed by atoms with van der Waals surface area (Å²) in [6, 6.07) is 13.4. The van der Waals surface area contributed by atoms with Crippen molar-refractivity contribution in [2.24, 2.45) is 0 Å². The van der Waals surface area contributed by atoms with Crippen LogP contribution in [-0.2, 0) is 0 Å². The quantitative estimate of drug-likeness (QED) is 0.304. The van der Waals surface area contributed by atoms with Gasteiger partial charge in [-0.25, -0.2) is 0 Å². The van der Waals surface area contributed by atoms with E-state index in [-0.39, 0.29) is 5.78 Å². The van der Waals surface area contributed by atoms with Crippen LogP contribution in [0, 0.1) is 0 Å². The zero-order chi connectivity index (χ0) is 18.5. The molecule has 0 saturated carbocycles. The Morgan fingerprint density at radius 3 is 1.92 bits per heavy atom. The Morgan fingerprint density at radius 2 is 1.35 bits per heavy atom. The van der Waals surface area contributed by atoms with Crippen LogP contribution in [0.1, 0.15) is 68.8 Å². The lowest BCUT2D eigenvalue weighted by molar-refractivity contribution is 0.0978. The Kier molecular flexibility index (Phi) is 9.41. The molecule has 0 saturated heterocycles. The number of carbonyl (C=O) groups excluding carboxylic acids is 1. The molecule has 26 heavy (non-hydrogen) atoms. The fraction of sp³-hybridized carbons (Fsp3) is 0.500. The first-order valence-electron chi connectivity index (χ1n) is 9.67. The topological polar surface area (TPSA) is 48.7 Å². The van der Waals surface area contributed by atoms with Crippen molar-refractivity contribution in [1.82, 2.24) is 0 Å². The minimum Gasteiger partial charge on any atom is -0.494 e. The van der Waals surface area contributed by atoms with Crippen molar-refractivity contribution in [2.75, 3.05) is 13.2 Å². The molecule has 2 rings (SSSR count). The van der Waals surface area contributed by atoms with Gasteiger partial charge in [0.05, 0.1) is 13.2 Å². The Morgan fingerprint density at radius 1 is 0.769 bits per heavy atom. The van der Waals surface area contributed by atoms with Crippen molar-refractivity contribution in [3.05, 3.63) is 48.2 Å². The molecule has 1 aromatic heterocycles. The second-order valence-electron chi connectivity index (χ2n) is 6.51. The van der Waals surface area contributed by atoms with Crippen molar-refractivity contribution < 1.29 is 18.7 Å². The zero-order valence-electron chi connectivity index (χ0n) is 15.7. The molecule has 142 valence electrons. The normalized spacial score (nSPS) is 10.7. The highest BCUT2D eigenvalue weighted by Crippen LogP contribution is 2.17. The number of unbranched alkanes of at least 4 members (excludes halogenated alkanes) is 7. The van der Waals surface area contributed by atoms with Crippen molar-refractivity contribution in [1.29, 1.82) is 0 Å². The van der Waals surface area contributed by atoms with Crippen LogP contribution < -0.4 is 9.47 Å². The van der Waals surface area contributed by atoms with Gasteiger partial charge in [-0.15, -0.1) is 0 Å². The highest BCUT2D eigenvalue weighted by molar-refractivity contribution is 5.91. The molecule has 0 amide bonds. The van der Waals surface area contributed by atoms with Crippen LogP contribution in [0.4, 0.5) is 0 Å². The van der Waals surface area contributed by atoms with Gasteiger partial charge in [0.2, 0.25) is 0 Å². The summed E-state index contributed by atoms with van der Waals surface area (Å²) in [4.78, 5) is 11.1. The highest BCUT2D eigenvalue weighted by Gasteiger charge is 2.06. The van der Waals surface area contributed by atoms with Gasteiger partial charge in [-0.3, -0.25) is 4.79 Å². The molecule has 1 heterocycles. The molecule has 0 atom stereocenters. The maximum Gasteiger partial charge on any atom is 0.284 e. The van der Waals surface area contributed by atoms with E-state index in [0.29, 0.717) is 18.3 Å². The average molecular weight is 358 g/mol. The smallest absolute Gasteiger partial charge is 0.284 e. The zero-order valence-corrected chi connectivity index (χ0v) is 15.7. The predicted molar refractivity (Wildman–Crippen MR) is 103 cm³/mol. The highest BCUT2D eigenvalue weighted by atomic mass is 16.6. The first-order valence-corrected chi connectivity index (χ1v) is 9.67. The van der Waals surface area contributed by atoms with Gasteiger partial charge < -0.3 is 13.9 Å². The van der Waals surface area contributed by atoms with Crippen LogP contribution in [0.3, 0.4) is 0 Å². The number of hydrogen-bond donors (Lipinski definition) is 0. The Hall–Kier alpha value is -2.23. The van der Waals surface area contributed by atoms with E-state index >= 15 is 0 Å². The van der Waals surface area contributed by atoms with Crippen LogP contribution in [0.5, 0.6) is 11.7 Å². The van der Waals surface area contributed by atoms with Crippen LogP contribution in [0.2, 0.25) is 0 Å². The Balaban J connectivity index is 1.35. The molecule has 0 fully saturated rings. The van der Waals surface area contributed by atoms with Crippen LogP contribution >= 0.6 is 0 Å². The molecular weight excluding hydrogens is 328 g/mol. The van der Waals surface area contributed by atoms with Gasteiger partial charge in [0.25, 0.3) is 5.95 Å². The molecule has 0 radical (unpaired) electrons. The van der Waals surface area contributed by atoms with E-state index in [1.807, 2.05) is 30.3 Å². The SMILES string of the molecule is CC(=O)c1ccc(OCCCCCCCCCCOc2ccccc2)o1. The van der Waals surface area contributed by atoms with Gasteiger partial charge in [-0.1, -0.05) is 56.7 Å². The van der Waals surface area contributed by atoms with Crippen molar-refractivity contribution in [3.8, 4) is 11.7 Å². The van der Waals surface area contributed by atoms with Gasteiger partial charge in [0.15, 0.2) is 11.5 Å². The first kappa shape index (κ1) is 20.1. The lowest BCUT2D eigenvalue weighted by atomic mass is 10.1. The predicted octanol–water partition coefficient (Wildman–Crippen LogP) is 6.06. The van der Waals surface area contributed by atoms with Crippen LogP contribution in [0.15, 0.2) is 46.9 Å². The van der Waals surface area contributed by atoms with E-state index in [1.54, 1.807) is 12.1 Å². The van der Waals surface area contributed by atoms with Gasteiger partial charge in [-0.2, -0.15) is 0 Å². The van der Waals surface area contributed by atoms with Gasteiger partial charge in [0, 0.05) is 13.0 Å². The molecule has 0 spiro atoms. The lowest BCUT2D eigenvalue weighted by Crippen LogP contribution is -1.97. The fourth-order valence-electron chi connectivity index (χ4n) is 2.73. The molecule has 2 aromatic rings. The molecule has 0 aliphatic rings. The number of ether oxygens (including phenoxy) is 2. The number of rotatable bonds is 14. The molecule has 1 aromatic carbocycles. The summed E-state index contributed by atoms with van der Waals surface area (Å²) in [5, 5.41) is 0. The van der Waals surface area contributed by atoms with Gasteiger partial charge in [0.1, 0.15) is 5.75 Å². The number of para-hydroxylation sites is 1. The third kappa shape index (κ3) is 8.24. The minimum atomic E-state index is -0.0773. The molecule has 0 aliphatic heterocycles. The van der Waals surface area contributed by atoms with Crippen molar-refractivity contribution >= 4 is 5.78 Å². The second-order valence-corrected chi connectivity index (χ2v) is 6.51. The van der Waals surface area contributed by atoms with Crippen LogP contribution in [0.25, 0.3) is 0 Å². The molecule has 0 aliphatic carbocycles. The Bertz CT molecular complexity index is 618. The molecule has 0 unspecified atom stereocenters. The summed E-state index contributed by atoms with van der Waals surface area (Å²) in [5.41, 5.74) is 0. The van der Waals surface area contributed by atoms with Gasteiger partial charge in [-0.05, 0) is 31.0 Å². The lowest BCUT2D eigenvalue weighted by Gasteiger charge is -2.06. The summed E-state index contributed by atoms with van der Waals surface area (Å²) >= 11 is 0. The summed E-state index contributed by atoms with van der Waals surface area (Å²) in [6.07, 6.45) is 9.59. The van der Waals surface area contributed by atoms with E-state index in [0.717, 1.165) is 31.6 Å². The maximum atomic E-state index is 11.1. The molecular formula is C22H30O4.